The number of ether oxygens (including phenoxy) is 1. The third-order valence-corrected chi connectivity index (χ3v) is 1.47. The van der Waals surface area contributed by atoms with E-state index in [2.05, 4.69) is 8.92 Å². The van der Waals surface area contributed by atoms with Crippen LogP contribution in [0.1, 0.15) is 0 Å². The Labute approximate surface area is 58.4 Å². The zero-order valence-electron chi connectivity index (χ0n) is 5.45. The Morgan fingerprint density at radius 3 is 2.20 bits per heavy atom. The van der Waals surface area contributed by atoms with E-state index in [1.807, 2.05) is 0 Å². The number of rotatable bonds is 2. The fourth-order valence-corrected chi connectivity index (χ4v) is 0.556. The summed E-state index contributed by atoms with van der Waals surface area (Å²) in [7, 11) is -1.99. The van der Waals surface area contributed by atoms with Gasteiger partial charge in [0.25, 0.3) is 0 Å². The predicted molar refractivity (Wildman–Crippen MR) is 31.5 cm³/mol. The van der Waals surface area contributed by atoms with Gasteiger partial charge in [0.05, 0.1) is 14.2 Å². The molecule has 1 amide bonds. The van der Waals surface area contributed by atoms with E-state index in [0.29, 0.717) is 0 Å². The number of methoxy groups -OCH3 is 1. The van der Waals surface area contributed by atoms with Crippen molar-refractivity contribution in [2.45, 2.75) is 0 Å². The van der Waals surface area contributed by atoms with Crippen molar-refractivity contribution < 1.29 is 22.1 Å². The molecule has 0 heterocycles. The Hall–Kier alpha value is -0.820. The minimum Gasteiger partial charge on any atom is -0.452 e. The minimum absolute atomic E-state index is 0.922. The van der Waals surface area contributed by atoms with Gasteiger partial charge in [0, 0.05) is 0 Å². The zero-order valence-corrected chi connectivity index (χ0v) is 6.27. The molecule has 0 aliphatic carbocycles. The van der Waals surface area contributed by atoms with Crippen LogP contribution in [0.3, 0.4) is 0 Å². The third kappa shape index (κ3) is 3.25. The number of hydrogen-bond acceptors (Lipinski definition) is 5. The average molecular weight is 169 g/mol. The lowest BCUT2D eigenvalue weighted by Gasteiger charge is -2.00. The highest BCUT2D eigenvalue weighted by Gasteiger charge is 2.11. The first kappa shape index (κ1) is 9.18. The molecule has 0 radical (unpaired) electrons. The van der Waals surface area contributed by atoms with Gasteiger partial charge in [0.15, 0.2) is 0 Å². The summed E-state index contributed by atoms with van der Waals surface area (Å²) in [5.41, 5.74) is 0. The summed E-state index contributed by atoms with van der Waals surface area (Å²) in [5, 5.41) is 0. The molecule has 0 saturated carbocycles. The van der Waals surface area contributed by atoms with Crippen molar-refractivity contribution in [3.63, 3.8) is 0 Å². The van der Waals surface area contributed by atoms with Gasteiger partial charge in [-0.25, -0.2) is 4.79 Å². The Morgan fingerprint density at radius 2 is 1.90 bits per heavy atom. The van der Waals surface area contributed by atoms with E-state index in [9.17, 15) is 13.2 Å². The molecule has 0 bridgehead atoms. The number of carbonyl (C=O) groups is 1. The molecule has 0 rings (SSSR count). The van der Waals surface area contributed by atoms with Crippen LogP contribution in [0.2, 0.25) is 0 Å². The number of hydrogen-bond donors (Lipinski definition) is 1. The van der Waals surface area contributed by atoms with Crippen molar-refractivity contribution in [3.8, 4) is 0 Å². The van der Waals surface area contributed by atoms with Crippen LogP contribution in [0.5, 0.6) is 0 Å². The molecule has 10 heavy (non-hydrogen) atoms. The second-order valence-electron chi connectivity index (χ2n) is 1.21. The molecule has 0 fully saturated rings. The fraction of sp³-hybridized carbons (Fsp3) is 0.667. The molecule has 7 heteroatoms. The number of carbonyl (C=O) groups excluding carboxylic acids is 1. The normalized spacial score (nSPS) is 10.6. The molecule has 0 aliphatic rings. The van der Waals surface area contributed by atoms with Gasteiger partial charge >= 0.3 is 16.4 Å². The standard InChI is InChI=1S/C3H7NO5S/c1-8-3(5)4-10(6,7)9-2/h1-2H3,(H,4,5). The molecule has 6 nitrogen and oxygen atoms in total. The van der Waals surface area contributed by atoms with E-state index in [-0.39, 0.29) is 0 Å². The highest BCUT2D eigenvalue weighted by atomic mass is 32.2. The molecule has 0 aromatic carbocycles. The van der Waals surface area contributed by atoms with Gasteiger partial charge in [-0.1, -0.05) is 0 Å². The van der Waals surface area contributed by atoms with E-state index in [1.54, 1.807) is 0 Å². The van der Waals surface area contributed by atoms with Gasteiger partial charge in [-0.05, 0) is 0 Å². The van der Waals surface area contributed by atoms with Crippen LogP contribution < -0.4 is 4.72 Å². The first-order valence-electron chi connectivity index (χ1n) is 2.18. The van der Waals surface area contributed by atoms with Crippen LogP contribution in [-0.2, 0) is 19.2 Å². The largest absolute Gasteiger partial charge is 0.452 e. The first-order chi connectivity index (χ1) is 4.52. The van der Waals surface area contributed by atoms with Gasteiger partial charge in [-0.2, -0.15) is 13.1 Å². The van der Waals surface area contributed by atoms with Crippen LogP contribution in [0, 0.1) is 0 Å². The molecular formula is C3H7NO5S. The van der Waals surface area contributed by atoms with Crippen LogP contribution in [-0.4, -0.2) is 28.7 Å². The maximum Gasteiger partial charge on any atom is 0.422 e. The van der Waals surface area contributed by atoms with Gasteiger partial charge < -0.3 is 4.74 Å². The topological polar surface area (TPSA) is 81.7 Å². The highest BCUT2D eigenvalue weighted by Crippen LogP contribution is 1.83. The van der Waals surface area contributed by atoms with Crippen LogP contribution in [0.15, 0.2) is 0 Å². The van der Waals surface area contributed by atoms with Crippen LogP contribution >= 0.6 is 0 Å². The van der Waals surface area contributed by atoms with Crippen molar-refractivity contribution in [3.05, 3.63) is 0 Å². The highest BCUT2D eigenvalue weighted by molar-refractivity contribution is 7.85. The van der Waals surface area contributed by atoms with Crippen molar-refractivity contribution in [2.75, 3.05) is 14.2 Å². The Balaban J connectivity index is 4.03. The second-order valence-corrected chi connectivity index (χ2v) is 2.66. The molecule has 0 unspecified atom stereocenters. The fourth-order valence-electron chi connectivity index (χ4n) is 0.185. The quantitative estimate of drug-likeness (QED) is 0.587. The number of nitrogens with one attached hydrogen (secondary N) is 1. The molecule has 0 saturated heterocycles. The third-order valence-electron chi connectivity index (χ3n) is 0.613. The van der Waals surface area contributed by atoms with E-state index in [4.69, 9.17) is 0 Å². The van der Waals surface area contributed by atoms with Crippen molar-refractivity contribution in [2.24, 2.45) is 0 Å². The summed E-state index contributed by atoms with van der Waals surface area (Å²) < 4.78 is 30.0. The monoisotopic (exact) mass is 169 g/mol. The van der Waals surface area contributed by atoms with Crippen molar-refractivity contribution >= 4 is 16.4 Å². The van der Waals surface area contributed by atoms with E-state index < -0.39 is 16.4 Å². The Morgan fingerprint density at radius 1 is 1.40 bits per heavy atom. The lowest BCUT2D eigenvalue weighted by molar-refractivity contribution is 0.176. The summed E-state index contributed by atoms with van der Waals surface area (Å²) in [5.74, 6) is 0. The van der Waals surface area contributed by atoms with Gasteiger partial charge in [-0.3, -0.25) is 4.18 Å². The maximum atomic E-state index is 10.3. The molecule has 0 spiro atoms. The molecular weight excluding hydrogens is 162 g/mol. The van der Waals surface area contributed by atoms with Crippen LogP contribution in [0.25, 0.3) is 0 Å². The number of amides is 1. The molecule has 60 valence electrons. The molecule has 0 atom stereocenters. The predicted octanol–water partition coefficient (Wildman–Crippen LogP) is -0.766. The van der Waals surface area contributed by atoms with E-state index in [0.717, 1.165) is 14.2 Å². The first-order valence-corrected chi connectivity index (χ1v) is 3.59. The van der Waals surface area contributed by atoms with E-state index >= 15 is 0 Å². The van der Waals surface area contributed by atoms with E-state index in [1.165, 1.54) is 4.72 Å². The van der Waals surface area contributed by atoms with Gasteiger partial charge in [0.1, 0.15) is 0 Å². The van der Waals surface area contributed by atoms with Gasteiger partial charge in [0.2, 0.25) is 0 Å². The molecule has 0 aliphatic heterocycles. The second kappa shape index (κ2) is 3.37. The van der Waals surface area contributed by atoms with Crippen molar-refractivity contribution in [1.29, 1.82) is 0 Å². The lowest BCUT2D eigenvalue weighted by atomic mass is 11.2. The minimum atomic E-state index is -3.96. The molecule has 0 aromatic heterocycles. The summed E-state index contributed by atoms with van der Waals surface area (Å²) >= 11 is 0. The lowest BCUT2D eigenvalue weighted by Crippen LogP contribution is -2.30. The summed E-state index contributed by atoms with van der Waals surface area (Å²) in [6.07, 6.45) is -1.08. The summed E-state index contributed by atoms with van der Waals surface area (Å²) in [6.45, 7) is 0. The summed E-state index contributed by atoms with van der Waals surface area (Å²) in [6, 6.07) is 0. The van der Waals surface area contributed by atoms with Crippen molar-refractivity contribution in [1.82, 2.24) is 4.72 Å². The SMILES string of the molecule is COC(=O)NS(=O)(=O)OC. The zero-order chi connectivity index (χ0) is 8.20. The smallest absolute Gasteiger partial charge is 0.422 e. The molecule has 0 aromatic rings. The molecule has 1 N–H and O–H groups in total. The van der Waals surface area contributed by atoms with Crippen LogP contribution in [0.4, 0.5) is 4.79 Å². The average Bonchev–Trinajstić information content (AvgIpc) is 1.87. The summed E-state index contributed by atoms with van der Waals surface area (Å²) in [4.78, 5) is 10.2. The van der Waals surface area contributed by atoms with Gasteiger partial charge in [-0.15, -0.1) is 0 Å². The Kier molecular flexibility index (Phi) is 3.10. The maximum absolute atomic E-state index is 10.3. The Bertz CT molecular complexity index is 207.